The van der Waals surface area contributed by atoms with Gasteiger partial charge in [0.05, 0.1) is 6.54 Å². The van der Waals surface area contributed by atoms with E-state index < -0.39 is 5.97 Å². The third-order valence-electron chi connectivity index (χ3n) is 5.21. The molecule has 5 nitrogen and oxygen atoms in total. The lowest BCUT2D eigenvalue weighted by molar-refractivity contribution is -0.141. The van der Waals surface area contributed by atoms with E-state index in [0.717, 1.165) is 18.4 Å². The number of piperidine rings is 1. The Morgan fingerprint density at radius 3 is 2.62 bits per heavy atom. The summed E-state index contributed by atoms with van der Waals surface area (Å²) in [5.41, 5.74) is 0.913. The fourth-order valence-corrected chi connectivity index (χ4v) is 3.64. The molecule has 0 aliphatic carbocycles. The molecule has 1 aliphatic rings. The first-order valence-corrected chi connectivity index (χ1v) is 9.39. The summed E-state index contributed by atoms with van der Waals surface area (Å²) in [4.78, 5) is 27.5. The zero-order chi connectivity index (χ0) is 19.1. The van der Waals surface area contributed by atoms with Crippen molar-refractivity contribution in [2.24, 2.45) is 5.92 Å². The van der Waals surface area contributed by atoms with Gasteiger partial charge in [-0.1, -0.05) is 26.0 Å². The van der Waals surface area contributed by atoms with Gasteiger partial charge in [-0.2, -0.15) is 0 Å². The van der Waals surface area contributed by atoms with Crippen LogP contribution in [0.5, 0.6) is 0 Å². The van der Waals surface area contributed by atoms with Gasteiger partial charge in [0.15, 0.2) is 0 Å². The lowest BCUT2D eigenvalue weighted by Crippen LogP contribution is -2.49. The van der Waals surface area contributed by atoms with Crippen molar-refractivity contribution in [3.05, 3.63) is 35.6 Å². The first kappa shape index (κ1) is 20.4. The van der Waals surface area contributed by atoms with E-state index >= 15 is 0 Å². The van der Waals surface area contributed by atoms with Crippen LogP contribution >= 0.6 is 0 Å². The van der Waals surface area contributed by atoms with Gasteiger partial charge in [0.2, 0.25) is 5.91 Å². The van der Waals surface area contributed by atoms with Crippen molar-refractivity contribution >= 4 is 11.9 Å². The highest BCUT2D eigenvalue weighted by molar-refractivity contribution is 5.78. The fraction of sp³-hybridized carbons (Fsp3) is 0.600. The van der Waals surface area contributed by atoms with Crippen LogP contribution in [0.25, 0.3) is 0 Å². The zero-order valence-electron chi connectivity index (χ0n) is 15.7. The van der Waals surface area contributed by atoms with Gasteiger partial charge in [0, 0.05) is 25.0 Å². The zero-order valence-corrected chi connectivity index (χ0v) is 15.7. The average molecular weight is 364 g/mol. The number of aliphatic carboxylic acids is 1. The fourth-order valence-electron chi connectivity index (χ4n) is 3.64. The SMILES string of the molecule is CCN(CC(=O)O)C1CCN(C(=O)C(C)CCc2cccc(F)c2)CC1. The number of hydrogen-bond acceptors (Lipinski definition) is 3. The number of hydrogen-bond donors (Lipinski definition) is 1. The summed E-state index contributed by atoms with van der Waals surface area (Å²) in [7, 11) is 0. The highest BCUT2D eigenvalue weighted by Crippen LogP contribution is 2.20. The third-order valence-corrected chi connectivity index (χ3v) is 5.21. The number of aryl methyl sites for hydroxylation is 1. The number of carboxylic acid groups (broad SMARTS) is 1. The van der Waals surface area contributed by atoms with Gasteiger partial charge >= 0.3 is 5.97 Å². The second-order valence-electron chi connectivity index (χ2n) is 7.08. The van der Waals surface area contributed by atoms with Crippen molar-refractivity contribution in [2.45, 2.75) is 45.6 Å². The van der Waals surface area contributed by atoms with Crippen molar-refractivity contribution in [3.8, 4) is 0 Å². The average Bonchev–Trinajstić information content (AvgIpc) is 2.63. The maximum absolute atomic E-state index is 13.2. The Labute approximate surface area is 154 Å². The molecule has 0 spiro atoms. The first-order valence-electron chi connectivity index (χ1n) is 9.39. The number of carboxylic acids is 1. The summed E-state index contributed by atoms with van der Waals surface area (Å²) in [6.45, 7) is 5.99. The van der Waals surface area contributed by atoms with Crippen LogP contribution in [0.1, 0.15) is 38.7 Å². The first-order chi connectivity index (χ1) is 12.4. The molecule has 1 atom stereocenters. The minimum absolute atomic E-state index is 0.0547. The smallest absolute Gasteiger partial charge is 0.317 e. The molecule has 1 amide bonds. The number of amides is 1. The van der Waals surface area contributed by atoms with Crippen LogP contribution in [0, 0.1) is 11.7 Å². The molecule has 144 valence electrons. The standard InChI is InChI=1S/C20H29FN2O3/c1-3-22(14-19(24)25)18-9-11-23(12-10-18)20(26)15(2)7-8-16-5-4-6-17(21)13-16/h4-6,13,15,18H,3,7-12,14H2,1-2H3,(H,24,25). The maximum atomic E-state index is 13.2. The summed E-state index contributed by atoms with van der Waals surface area (Å²) < 4.78 is 13.2. The molecular formula is C20H29FN2O3. The molecule has 26 heavy (non-hydrogen) atoms. The Kier molecular flexibility index (Phi) is 7.57. The highest BCUT2D eigenvalue weighted by Gasteiger charge is 2.29. The topological polar surface area (TPSA) is 60.9 Å². The summed E-state index contributed by atoms with van der Waals surface area (Å²) in [5, 5.41) is 9.00. The van der Waals surface area contributed by atoms with E-state index in [4.69, 9.17) is 5.11 Å². The van der Waals surface area contributed by atoms with Gasteiger partial charge in [0.25, 0.3) is 0 Å². The van der Waals surface area contributed by atoms with Crippen LogP contribution in [-0.4, -0.2) is 59.0 Å². The molecule has 0 aromatic heterocycles. The number of nitrogens with zero attached hydrogens (tertiary/aromatic N) is 2. The molecule has 1 aliphatic heterocycles. The molecule has 1 aromatic rings. The van der Waals surface area contributed by atoms with Crippen LogP contribution in [0.4, 0.5) is 4.39 Å². The number of likely N-dealkylation sites (N-methyl/N-ethyl adjacent to an activating group) is 1. The van der Waals surface area contributed by atoms with Crippen LogP contribution in [0.2, 0.25) is 0 Å². The molecule has 1 heterocycles. The molecule has 6 heteroatoms. The summed E-state index contributed by atoms with van der Waals surface area (Å²) in [6.07, 6.45) is 3.00. The molecule has 1 unspecified atom stereocenters. The number of rotatable bonds is 8. The Morgan fingerprint density at radius 1 is 1.35 bits per heavy atom. The minimum atomic E-state index is -0.809. The maximum Gasteiger partial charge on any atom is 0.317 e. The number of carbonyl (C=O) groups is 2. The van der Waals surface area contributed by atoms with Crippen LogP contribution in [-0.2, 0) is 16.0 Å². The van der Waals surface area contributed by atoms with Crippen LogP contribution in [0.15, 0.2) is 24.3 Å². The molecule has 2 rings (SSSR count). The number of carbonyl (C=O) groups excluding carboxylic acids is 1. The molecule has 1 saturated heterocycles. The Balaban J connectivity index is 1.80. The summed E-state index contributed by atoms with van der Waals surface area (Å²) in [5.74, 6) is -1.01. The third kappa shape index (κ3) is 5.80. The molecule has 1 aromatic carbocycles. The van der Waals surface area contributed by atoms with Crippen LogP contribution in [0.3, 0.4) is 0 Å². The van der Waals surface area contributed by atoms with E-state index in [1.807, 2.05) is 29.7 Å². The van der Waals surface area contributed by atoms with E-state index in [1.54, 1.807) is 6.07 Å². The molecule has 0 bridgehead atoms. The minimum Gasteiger partial charge on any atom is -0.480 e. The summed E-state index contributed by atoms with van der Waals surface area (Å²) >= 11 is 0. The van der Waals surface area contributed by atoms with Gasteiger partial charge in [-0.15, -0.1) is 0 Å². The van der Waals surface area contributed by atoms with E-state index in [9.17, 15) is 14.0 Å². The second kappa shape index (κ2) is 9.67. The van der Waals surface area contributed by atoms with Gasteiger partial charge in [0.1, 0.15) is 5.82 Å². The predicted octanol–water partition coefficient (Wildman–Crippen LogP) is 2.79. The van der Waals surface area contributed by atoms with Gasteiger partial charge in [-0.05, 0) is 49.9 Å². The molecule has 1 fully saturated rings. The lowest BCUT2D eigenvalue weighted by atomic mass is 9.97. The van der Waals surface area contributed by atoms with Gasteiger partial charge < -0.3 is 10.0 Å². The van der Waals surface area contributed by atoms with Crippen molar-refractivity contribution in [3.63, 3.8) is 0 Å². The molecule has 0 saturated carbocycles. The van der Waals surface area contributed by atoms with E-state index in [0.29, 0.717) is 32.5 Å². The number of likely N-dealkylation sites (tertiary alicyclic amines) is 1. The lowest BCUT2D eigenvalue weighted by Gasteiger charge is -2.38. The van der Waals surface area contributed by atoms with Gasteiger partial charge in [-0.3, -0.25) is 14.5 Å². The normalized spacial score (nSPS) is 16.7. The van der Waals surface area contributed by atoms with E-state index in [-0.39, 0.29) is 30.2 Å². The summed E-state index contributed by atoms with van der Waals surface area (Å²) in [6, 6.07) is 6.74. The molecule has 1 N–H and O–H groups in total. The van der Waals surface area contributed by atoms with Crippen molar-refractivity contribution in [1.82, 2.24) is 9.80 Å². The number of halogens is 1. The van der Waals surface area contributed by atoms with E-state index in [2.05, 4.69) is 0 Å². The predicted molar refractivity (Wildman–Crippen MR) is 98.4 cm³/mol. The number of benzene rings is 1. The highest BCUT2D eigenvalue weighted by atomic mass is 19.1. The largest absolute Gasteiger partial charge is 0.480 e. The van der Waals surface area contributed by atoms with Crippen molar-refractivity contribution in [2.75, 3.05) is 26.2 Å². The Bertz CT molecular complexity index is 615. The monoisotopic (exact) mass is 364 g/mol. The van der Waals surface area contributed by atoms with Crippen molar-refractivity contribution in [1.29, 1.82) is 0 Å². The van der Waals surface area contributed by atoms with Gasteiger partial charge in [-0.25, -0.2) is 4.39 Å². The Hall–Kier alpha value is -1.95. The molecular weight excluding hydrogens is 335 g/mol. The van der Waals surface area contributed by atoms with Crippen molar-refractivity contribution < 1.29 is 19.1 Å². The van der Waals surface area contributed by atoms with E-state index in [1.165, 1.54) is 12.1 Å². The Morgan fingerprint density at radius 2 is 2.04 bits per heavy atom. The quantitative estimate of drug-likeness (QED) is 0.771. The van der Waals surface area contributed by atoms with Crippen LogP contribution < -0.4 is 0 Å². The second-order valence-corrected chi connectivity index (χ2v) is 7.08. The molecule has 0 radical (unpaired) electrons.